The van der Waals surface area contributed by atoms with Crippen molar-refractivity contribution >= 4 is 5.97 Å². The van der Waals surface area contributed by atoms with Crippen LogP contribution in [0.25, 0.3) is 0 Å². The van der Waals surface area contributed by atoms with E-state index in [1.165, 1.54) is 12.8 Å². The van der Waals surface area contributed by atoms with E-state index >= 15 is 0 Å². The number of ether oxygens (including phenoxy) is 1. The van der Waals surface area contributed by atoms with E-state index in [4.69, 9.17) is 4.74 Å². The third kappa shape index (κ3) is 7.62. The van der Waals surface area contributed by atoms with Crippen molar-refractivity contribution in [1.82, 2.24) is 5.32 Å². The second kappa shape index (κ2) is 8.90. The van der Waals surface area contributed by atoms with Crippen LogP contribution in [0.4, 0.5) is 0 Å². The van der Waals surface area contributed by atoms with Crippen molar-refractivity contribution in [3.63, 3.8) is 0 Å². The number of hydrogen-bond acceptors (Lipinski definition) is 3. The molecule has 0 heterocycles. The third-order valence-corrected chi connectivity index (χ3v) is 4.43. The van der Waals surface area contributed by atoms with Crippen molar-refractivity contribution in [3.05, 3.63) is 0 Å². The Labute approximate surface area is 138 Å². The Bertz CT molecular complexity index is 325. The molecule has 0 aliphatic rings. The number of nitrogens with one attached hydrogen (secondary N) is 1. The van der Waals surface area contributed by atoms with Crippen molar-refractivity contribution in [3.8, 4) is 0 Å². The van der Waals surface area contributed by atoms with E-state index in [-0.39, 0.29) is 16.8 Å². The Hall–Kier alpha value is -0.570. The van der Waals surface area contributed by atoms with Crippen LogP contribution >= 0.6 is 0 Å². The van der Waals surface area contributed by atoms with E-state index in [0.717, 1.165) is 25.9 Å². The van der Waals surface area contributed by atoms with Crippen molar-refractivity contribution in [2.24, 2.45) is 16.2 Å². The van der Waals surface area contributed by atoms with Gasteiger partial charge in [-0.15, -0.1) is 0 Å². The number of hydrogen-bond donors (Lipinski definition) is 1. The molecule has 22 heavy (non-hydrogen) atoms. The minimum Gasteiger partial charge on any atom is -0.465 e. The molecule has 0 rings (SSSR count). The Morgan fingerprint density at radius 1 is 0.955 bits per heavy atom. The molecule has 0 saturated carbocycles. The highest BCUT2D eigenvalue weighted by molar-refractivity contribution is 5.77. The predicted molar refractivity (Wildman–Crippen MR) is 95.0 cm³/mol. The SMILES string of the molecule is CCCCNCCCOC(=O)C(C)(CC(C)(C)C)C(C)(C)C. The molecule has 132 valence electrons. The Morgan fingerprint density at radius 3 is 1.95 bits per heavy atom. The van der Waals surface area contributed by atoms with Crippen molar-refractivity contribution in [1.29, 1.82) is 0 Å². The molecule has 0 saturated heterocycles. The zero-order valence-electron chi connectivity index (χ0n) is 16.3. The predicted octanol–water partition coefficient (Wildman–Crippen LogP) is 4.80. The summed E-state index contributed by atoms with van der Waals surface area (Å²) in [6.07, 6.45) is 4.12. The first-order chi connectivity index (χ1) is 9.94. The second-order valence-corrected chi connectivity index (χ2v) is 8.91. The largest absolute Gasteiger partial charge is 0.465 e. The highest BCUT2D eigenvalue weighted by Crippen LogP contribution is 2.47. The fraction of sp³-hybridized carbons (Fsp3) is 0.947. The van der Waals surface area contributed by atoms with Gasteiger partial charge in [0, 0.05) is 0 Å². The molecule has 0 aromatic carbocycles. The number of carbonyl (C=O) groups excluding carboxylic acids is 1. The van der Waals surface area contributed by atoms with Crippen LogP contribution in [0, 0.1) is 16.2 Å². The van der Waals surface area contributed by atoms with Crippen LogP contribution in [-0.4, -0.2) is 25.7 Å². The highest BCUT2D eigenvalue weighted by Gasteiger charge is 2.47. The molecular weight excluding hydrogens is 274 g/mol. The summed E-state index contributed by atoms with van der Waals surface area (Å²) in [6.45, 7) is 19.7. The monoisotopic (exact) mass is 313 g/mol. The highest BCUT2D eigenvalue weighted by atomic mass is 16.5. The maximum Gasteiger partial charge on any atom is 0.312 e. The van der Waals surface area contributed by atoms with Gasteiger partial charge in [-0.25, -0.2) is 0 Å². The van der Waals surface area contributed by atoms with Gasteiger partial charge in [0.25, 0.3) is 0 Å². The van der Waals surface area contributed by atoms with E-state index in [2.05, 4.69) is 60.7 Å². The maximum absolute atomic E-state index is 12.7. The van der Waals surface area contributed by atoms with Gasteiger partial charge in [0.1, 0.15) is 0 Å². The minimum atomic E-state index is -0.457. The number of esters is 1. The van der Waals surface area contributed by atoms with E-state index in [1.54, 1.807) is 0 Å². The third-order valence-electron chi connectivity index (χ3n) is 4.43. The molecule has 0 aromatic rings. The van der Waals surface area contributed by atoms with Crippen LogP contribution in [-0.2, 0) is 9.53 Å². The number of unbranched alkanes of at least 4 members (excludes halogenated alkanes) is 1. The molecule has 0 bridgehead atoms. The molecular formula is C19H39NO2. The van der Waals surface area contributed by atoms with E-state index in [1.807, 2.05) is 0 Å². The molecule has 0 fully saturated rings. The van der Waals surface area contributed by atoms with Gasteiger partial charge in [-0.3, -0.25) is 4.79 Å². The first-order valence-electron chi connectivity index (χ1n) is 8.82. The Kier molecular flexibility index (Phi) is 8.67. The molecule has 1 unspecified atom stereocenters. The van der Waals surface area contributed by atoms with Crippen LogP contribution in [0.3, 0.4) is 0 Å². The van der Waals surface area contributed by atoms with Crippen LogP contribution < -0.4 is 5.32 Å². The van der Waals surface area contributed by atoms with Crippen molar-refractivity contribution in [2.75, 3.05) is 19.7 Å². The van der Waals surface area contributed by atoms with E-state index in [0.29, 0.717) is 6.61 Å². The Balaban J connectivity index is 4.43. The summed E-state index contributed by atoms with van der Waals surface area (Å²) in [4.78, 5) is 12.7. The second-order valence-electron chi connectivity index (χ2n) is 8.91. The quantitative estimate of drug-likeness (QED) is 0.491. The summed E-state index contributed by atoms with van der Waals surface area (Å²) in [5.74, 6) is -0.0523. The lowest BCUT2D eigenvalue weighted by Crippen LogP contribution is -2.44. The van der Waals surface area contributed by atoms with Gasteiger partial charge in [-0.05, 0) is 50.1 Å². The molecule has 0 radical (unpaired) electrons. The van der Waals surface area contributed by atoms with Crippen LogP contribution in [0.1, 0.15) is 81.1 Å². The van der Waals surface area contributed by atoms with Crippen LogP contribution in [0.5, 0.6) is 0 Å². The smallest absolute Gasteiger partial charge is 0.312 e. The normalized spacial score (nSPS) is 15.5. The molecule has 0 aromatic heterocycles. The van der Waals surface area contributed by atoms with Crippen molar-refractivity contribution in [2.45, 2.75) is 81.1 Å². The number of rotatable bonds is 9. The van der Waals surface area contributed by atoms with Gasteiger partial charge in [0.2, 0.25) is 0 Å². The van der Waals surface area contributed by atoms with Crippen molar-refractivity contribution < 1.29 is 9.53 Å². The zero-order valence-corrected chi connectivity index (χ0v) is 16.3. The first kappa shape index (κ1) is 21.4. The van der Waals surface area contributed by atoms with E-state index < -0.39 is 5.41 Å². The van der Waals surface area contributed by atoms with Gasteiger partial charge >= 0.3 is 5.97 Å². The lowest BCUT2D eigenvalue weighted by atomic mass is 9.61. The summed E-state index contributed by atoms with van der Waals surface area (Å²) in [5, 5.41) is 3.38. The average molecular weight is 314 g/mol. The molecule has 3 nitrogen and oxygen atoms in total. The minimum absolute atomic E-state index is 0.0523. The molecule has 0 spiro atoms. The molecule has 1 atom stereocenters. The zero-order chi connectivity index (χ0) is 17.4. The summed E-state index contributed by atoms with van der Waals surface area (Å²) in [6, 6.07) is 0. The van der Waals surface area contributed by atoms with Gasteiger partial charge < -0.3 is 10.1 Å². The molecule has 1 N–H and O–H groups in total. The van der Waals surface area contributed by atoms with Gasteiger partial charge in [-0.2, -0.15) is 0 Å². The van der Waals surface area contributed by atoms with Crippen LogP contribution in [0.15, 0.2) is 0 Å². The molecule has 0 aliphatic heterocycles. The topological polar surface area (TPSA) is 38.3 Å². The van der Waals surface area contributed by atoms with Gasteiger partial charge in [0.15, 0.2) is 0 Å². The summed E-state index contributed by atoms with van der Waals surface area (Å²) < 4.78 is 5.61. The summed E-state index contributed by atoms with van der Waals surface area (Å²) >= 11 is 0. The Morgan fingerprint density at radius 2 is 1.50 bits per heavy atom. The summed E-state index contributed by atoms with van der Waals surface area (Å²) in [5.41, 5.74) is -0.472. The lowest BCUT2D eigenvalue weighted by Gasteiger charge is -2.43. The fourth-order valence-electron chi connectivity index (χ4n) is 2.65. The van der Waals surface area contributed by atoms with Gasteiger partial charge in [-0.1, -0.05) is 54.9 Å². The molecule has 0 amide bonds. The standard InChI is InChI=1S/C19H39NO2/c1-9-10-12-20-13-11-14-22-16(21)19(8,18(5,6)7)15-17(2,3)4/h20H,9-15H2,1-8H3. The molecule has 0 aliphatic carbocycles. The summed E-state index contributed by atoms with van der Waals surface area (Å²) in [7, 11) is 0. The first-order valence-corrected chi connectivity index (χ1v) is 8.82. The van der Waals surface area contributed by atoms with Crippen LogP contribution in [0.2, 0.25) is 0 Å². The fourth-order valence-corrected chi connectivity index (χ4v) is 2.65. The maximum atomic E-state index is 12.7. The molecule has 3 heteroatoms. The van der Waals surface area contributed by atoms with Gasteiger partial charge in [0.05, 0.1) is 12.0 Å². The number of carbonyl (C=O) groups is 1. The van der Waals surface area contributed by atoms with E-state index in [9.17, 15) is 4.79 Å². The average Bonchev–Trinajstić information content (AvgIpc) is 2.34. The lowest BCUT2D eigenvalue weighted by molar-refractivity contribution is -0.164.